The standard InChI is InChI=1S/C17H21N2O4P.CO2/c1-14-8-10-15(11-9-14)17(20)18-12-13-23-24(21,22)19(2)16-6-4-3-5-7-16;2-1-3/h3-11H,12-13H2,1-2H3,(H,18,20)(H,21,22);. The lowest BCUT2D eigenvalue weighted by molar-refractivity contribution is -0.191. The molecule has 2 aromatic carbocycles. The Kier molecular flexibility index (Phi) is 9.13. The Hall–Kier alpha value is -2.76. The molecule has 0 saturated heterocycles. The Morgan fingerprint density at radius 3 is 2.26 bits per heavy atom. The number of para-hydroxylation sites is 1. The van der Waals surface area contributed by atoms with Crippen LogP contribution in [-0.2, 0) is 18.7 Å². The molecule has 0 saturated carbocycles. The zero-order valence-electron chi connectivity index (χ0n) is 15.0. The lowest BCUT2D eigenvalue weighted by Gasteiger charge is -2.24. The van der Waals surface area contributed by atoms with Gasteiger partial charge in [0.2, 0.25) is 0 Å². The molecule has 1 amide bonds. The second-order valence-corrected chi connectivity index (χ2v) is 7.23. The third kappa shape index (κ3) is 7.56. The maximum absolute atomic E-state index is 12.2. The molecule has 2 rings (SSSR count). The average molecular weight is 392 g/mol. The van der Waals surface area contributed by atoms with Crippen LogP contribution in [0.25, 0.3) is 0 Å². The molecule has 27 heavy (non-hydrogen) atoms. The van der Waals surface area contributed by atoms with Crippen molar-refractivity contribution < 1.29 is 28.4 Å². The van der Waals surface area contributed by atoms with Gasteiger partial charge in [0.15, 0.2) is 0 Å². The first-order valence-electron chi connectivity index (χ1n) is 7.92. The average Bonchev–Trinajstić information content (AvgIpc) is 2.66. The second-order valence-electron chi connectivity index (χ2n) is 5.39. The largest absolute Gasteiger partial charge is 0.432 e. The Morgan fingerprint density at radius 2 is 1.70 bits per heavy atom. The molecule has 0 heterocycles. The smallest absolute Gasteiger partial charge is 0.350 e. The number of rotatable bonds is 7. The minimum atomic E-state index is -3.96. The van der Waals surface area contributed by atoms with Crippen LogP contribution >= 0.6 is 7.75 Å². The van der Waals surface area contributed by atoms with Crippen LogP contribution in [0.3, 0.4) is 0 Å². The van der Waals surface area contributed by atoms with Crippen LogP contribution in [0.1, 0.15) is 15.9 Å². The van der Waals surface area contributed by atoms with Crippen LogP contribution in [0, 0.1) is 6.92 Å². The van der Waals surface area contributed by atoms with Gasteiger partial charge in [-0.05, 0) is 31.2 Å². The summed E-state index contributed by atoms with van der Waals surface area (Å²) in [4.78, 5) is 38.2. The van der Waals surface area contributed by atoms with E-state index in [2.05, 4.69) is 5.32 Å². The van der Waals surface area contributed by atoms with Gasteiger partial charge in [-0.15, -0.1) is 0 Å². The highest BCUT2D eigenvalue weighted by Crippen LogP contribution is 2.47. The number of nitrogens with zero attached hydrogens (tertiary/aromatic N) is 1. The number of carbonyl (C=O) groups is 1. The summed E-state index contributed by atoms with van der Waals surface area (Å²) in [6.45, 7) is 2.01. The van der Waals surface area contributed by atoms with Crippen molar-refractivity contribution in [1.82, 2.24) is 5.32 Å². The van der Waals surface area contributed by atoms with Crippen molar-refractivity contribution in [2.45, 2.75) is 6.92 Å². The van der Waals surface area contributed by atoms with E-state index in [1.165, 1.54) is 11.7 Å². The van der Waals surface area contributed by atoms with E-state index < -0.39 is 7.75 Å². The van der Waals surface area contributed by atoms with E-state index in [4.69, 9.17) is 14.1 Å². The van der Waals surface area contributed by atoms with Gasteiger partial charge < -0.3 is 10.2 Å². The normalized spacial score (nSPS) is 12.0. The molecule has 144 valence electrons. The minimum absolute atomic E-state index is 0.0669. The van der Waals surface area contributed by atoms with Crippen molar-refractivity contribution in [2.24, 2.45) is 0 Å². The number of carbonyl (C=O) groups excluding carboxylic acids is 3. The Morgan fingerprint density at radius 1 is 1.15 bits per heavy atom. The molecule has 8 nitrogen and oxygen atoms in total. The zero-order chi connectivity index (χ0) is 20.3. The Labute approximate surface area is 157 Å². The van der Waals surface area contributed by atoms with Crippen molar-refractivity contribution in [3.63, 3.8) is 0 Å². The quantitative estimate of drug-likeness (QED) is 0.549. The first-order chi connectivity index (χ1) is 12.8. The predicted molar refractivity (Wildman–Crippen MR) is 99.1 cm³/mol. The zero-order valence-corrected chi connectivity index (χ0v) is 15.9. The Balaban J connectivity index is 0.00000114. The molecule has 2 N–H and O–H groups in total. The van der Waals surface area contributed by atoms with E-state index in [1.54, 1.807) is 36.4 Å². The minimum Gasteiger partial charge on any atom is -0.350 e. The monoisotopic (exact) mass is 392 g/mol. The van der Waals surface area contributed by atoms with Gasteiger partial charge in [-0.1, -0.05) is 35.9 Å². The molecular weight excluding hydrogens is 371 g/mol. The van der Waals surface area contributed by atoms with Gasteiger partial charge in [-0.3, -0.25) is 14.0 Å². The second kappa shape index (κ2) is 11.1. The highest BCUT2D eigenvalue weighted by atomic mass is 31.2. The summed E-state index contributed by atoms with van der Waals surface area (Å²) in [5.41, 5.74) is 2.18. The van der Waals surface area contributed by atoms with Crippen molar-refractivity contribution >= 4 is 25.5 Å². The first kappa shape index (κ1) is 22.3. The van der Waals surface area contributed by atoms with Gasteiger partial charge in [0.1, 0.15) is 0 Å². The van der Waals surface area contributed by atoms with Crippen LogP contribution in [0.4, 0.5) is 5.69 Å². The Bertz CT molecular complexity index is 804. The van der Waals surface area contributed by atoms with E-state index in [0.717, 1.165) is 5.56 Å². The number of nitrogens with one attached hydrogen (secondary N) is 1. The van der Waals surface area contributed by atoms with Crippen molar-refractivity contribution in [3.8, 4) is 0 Å². The predicted octanol–water partition coefficient (Wildman–Crippen LogP) is 2.39. The summed E-state index contributed by atoms with van der Waals surface area (Å²) in [5, 5.41) is 2.66. The molecule has 0 aliphatic carbocycles. The van der Waals surface area contributed by atoms with Gasteiger partial charge in [-0.25, -0.2) is 4.57 Å². The summed E-state index contributed by atoms with van der Waals surface area (Å²) in [6.07, 6.45) is 0.250. The van der Waals surface area contributed by atoms with Crippen LogP contribution < -0.4 is 9.99 Å². The highest BCUT2D eigenvalue weighted by Gasteiger charge is 2.26. The summed E-state index contributed by atoms with van der Waals surface area (Å²) in [7, 11) is -2.47. The summed E-state index contributed by atoms with van der Waals surface area (Å²) >= 11 is 0. The van der Waals surface area contributed by atoms with Gasteiger partial charge in [0.05, 0.1) is 6.61 Å². The molecule has 2 aromatic rings. The maximum Gasteiger partial charge on any atom is 0.432 e. The van der Waals surface area contributed by atoms with E-state index in [1.807, 2.05) is 25.1 Å². The summed E-state index contributed by atoms with van der Waals surface area (Å²) in [5.74, 6) is -0.247. The molecule has 1 atom stereocenters. The topological polar surface area (TPSA) is 113 Å². The van der Waals surface area contributed by atoms with Gasteiger partial charge in [-0.2, -0.15) is 9.59 Å². The van der Waals surface area contributed by atoms with E-state index in [9.17, 15) is 14.3 Å². The van der Waals surface area contributed by atoms with Crippen LogP contribution in [-0.4, -0.2) is 37.2 Å². The van der Waals surface area contributed by atoms with Crippen molar-refractivity contribution in [1.29, 1.82) is 0 Å². The van der Waals surface area contributed by atoms with Gasteiger partial charge in [0, 0.05) is 24.8 Å². The number of amides is 1. The molecule has 9 heteroatoms. The molecule has 0 aliphatic heterocycles. The molecule has 0 fully saturated rings. The fourth-order valence-electron chi connectivity index (χ4n) is 2.01. The first-order valence-corrected chi connectivity index (χ1v) is 9.45. The lowest BCUT2D eigenvalue weighted by Crippen LogP contribution is -2.27. The van der Waals surface area contributed by atoms with E-state index >= 15 is 0 Å². The van der Waals surface area contributed by atoms with E-state index in [-0.39, 0.29) is 25.2 Å². The van der Waals surface area contributed by atoms with Gasteiger partial charge >= 0.3 is 13.9 Å². The number of hydrogen-bond acceptors (Lipinski definition) is 5. The molecule has 0 radical (unpaired) electrons. The SMILES string of the molecule is Cc1ccc(C(=O)NCCOP(=O)(O)N(C)c2ccccc2)cc1.O=C=O. The fourth-order valence-corrected chi connectivity index (χ4v) is 2.94. The number of anilines is 1. The third-order valence-electron chi connectivity index (χ3n) is 3.47. The van der Waals surface area contributed by atoms with Gasteiger partial charge in [0.25, 0.3) is 5.91 Å². The van der Waals surface area contributed by atoms with Crippen LogP contribution in [0.5, 0.6) is 0 Å². The number of aryl methyl sites for hydroxylation is 1. The molecule has 0 aromatic heterocycles. The number of hydrogen-bond donors (Lipinski definition) is 2. The van der Waals surface area contributed by atoms with Crippen LogP contribution in [0.15, 0.2) is 54.6 Å². The summed E-state index contributed by atoms with van der Waals surface area (Å²) < 4.78 is 18.5. The highest BCUT2D eigenvalue weighted by molar-refractivity contribution is 7.54. The molecule has 0 aliphatic rings. The van der Waals surface area contributed by atoms with Crippen molar-refractivity contribution in [2.75, 3.05) is 24.9 Å². The molecular formula is C18H21N2O6P. The van der Waals surface area contributed by atoms with Crippen molar-refractivity contribution in [3.05, 3.63) is 65.7 Å². The number of benzene rings is 2. The lowest BCUT2D eigenvalue weighted by atomic mass is 10.1. The molecule has 0 spiro atoms. The molecule has 1 unspecified atom stereocenters. The summed E-state index contributed by atoms with van der Waals surface area (Å²) in [6, 6.07) is 15.9. The fraction of sp³-hybridized carbons (Fsp3) is 0.222. The third-order valence-corrected chi connectivity index (χ3v) is 4.98. The molecule has 0 bridgehead atoms. The van der Waals surface area contributed by atoms with Crippen LogP contribution in [0.2, 0.25) is 0 Å². The maximum atomic E-state index is 12.2. The van der Waals surface area contributed by atoms with E-state index in [0.29, 0.717) is 11.3 Å².